The number of carbonyl (C=O) groups excluding carboxylic acids is 1. The summed E-state index contributed by atoms with van der Waals surface area (Å²) >= 11 is 3.46. The van der Waals surface area contributed by atoms with Gasteiger partial charge in [-0.15, -0.1) is 0 Å². The Labute approximate surface area is 100 Å². The molecule has 0 aromatic heterocycles. The molecule has 1 unspecified atom stereocenters. The van der Waals surface area contributed by atoms with Crippen LogP contribution in [0.25, 0.3) is 0 Å². The molecule has 2 nitrogen and oxygen atoms in total. The minimum atomic E-state index is -0.0301. The Balaban J connectivity index is 1.85. The molecule has 15 heavy (non-hydrogen) atoms. The predicted molar refractivity (Wildman–Crippen MR) is 64.9 cm³/mol. The summed E-state index contributed by atoms with van der Waals surface area (Å²) in [6.07, 6.45) is 5.26. The molecule has 0 saturated heterocycles. The van der Waals surface area contributed by atoms with E-state index < -0.39 is 0 Å². The summed E-state index contributed by atoms with van der Waals surface area (Å²) in [6, 6.07) is 0.483. The lowest BCUT2D eigenvalue weighted by molar-refractivity contribution is -0.122. The van der Waals surface area contributed by atoms with Crippen LogP contribution < -0.4 is 5.32 Å². The van der Waals surface area contributed by atoms with Crippen molar-refractivity contribution in [3.05, 3.63) is 0 Å². The fourth-order valence-electron chi connectivity index (χ4n) is 2.08. The fraction of sp³-hybridized carbons (Fsp3) is 0.917. The number of rotatable bonds is 5. The smallest absolute Gasteiger partial charge is 0.234 e. The molecule has 0 radical (unpaired) electrons. The molecule has 2 rings (SSSR count). The topological polar surface area (TPSA) is 29.1 Å². The summed E-state index contributed by atoms with van der Waals surface area (Å²) in [7, 11) is 0. The Kier molecular flexibility index (Phi) is 3.39. The Morgan fingerprint density at radius 3 is 2.00 bits per heavy atom. The van der Waals surface area contributed by atoms with E-state index in [2.05, 4.69) is 35.1 Å². The highest BCUT2D eigenvalue weighted by Gasteiger charge is 2.42. The molecular formula is C12H20BrNO. The molecule has 1 atom stereocenters. The van der Waals surface area contributed by atoms with Gasteiger partial charge in [0, 0.05) is 6.04 Å². The van der Waals surface area contributed by atoms with Gasteiger partial charge in [-0.05, 0) is 43.4 Å². The van der Waals surface area contributed by atoms with Crippen LogP contribution >= 0.6 is 15.9 Å². The SMILES string of the molecule is CC(C)C(Br)C(=O)NC(C1CC1)C1CC1. The Bertz CT molecular complexity index is 234. The van der Waals surface area contributed by atoms with E-state index in [9.17, 15) is 4.79 Å². The minimum Gasteiger partial charge on any atom is -0.352 e. The number of carbonyl (C=O) groups is 1. The van der Waals surface area contributed by atoms with E-state index in [1.54, 1.807) is 0 Å². The molecule has 0 aromatic rings. The number of amides is 1. The van der Waals surface area contributed by atoms with Gasteiger partial charge in [0.1, 0.15) is 0 Å². The fourth-order valence-corrected chi connectivity index (χ4v) is 2.21. The van der Waals surface area contributed by atoms with E-state index >= 15 is 0 Å². The molecule has 86 valence electrons. The molecule has 0 bridgehead atoms. The van der Waals surface area contributed by atoms with Crippen molar-refractivity contribution >= 4 is 21.8 Å². The van der Waals surface area contributed by atoms with E-state index in [1.807, 2.05) is 0 Å². The van der Waals surface area contributed by atoms with Crippen molar-refractivity contribution in [1.29, 1.82) is 0 Å². The second-order valence-electron chi connectivity index (χ2n) is 5.36. The van der Waals surface area contributed by atoms with Crippen molar-refractivity contribution < 1.29 is 4.79 Å². The van der Waals surface area contributed by atoms with Crippen LogP contribution in [0.2, 0.25) is 0 Å². The van der Waals surface area contributed by atoms with Gasteiger partial charge in [0.15, 0.2) is 0 Å². The van der Waals surface area contributed by atoms with Crippen LogP contribution in [0.15, 0.2) is 0 Å². The largest absolute Gasteiger partial charge is 0.352 e. The average Bonchev–Trinajstić information content (AvgIpc) is 3.03. The van der Waals surface area contributed by atoms with Crippen molar-refractivity contribution in [3.63, 3.8) is 0 Å². The molecule has 0 aromatic carbocycles. The molecule has 0 aliphatic heterocycles. The Morgan fingerprint density at radius 1 is 1.20 bits per heavy atom. The minimum absolute atomic E-state index is 0.0301. The van der Waals surface area contributed by atoms with E-state index in [4.69, 9.17) is 0 Å². The standard InChI is InChI=1S/C12H20BrNO/c1-7(2)10(13)12(15)14-11(8-3-4-8)9-5-6-9/h7-11H,3-6H2,1-2H3,(H,14,15). The summed E-state index contributed by atoms with van der Waals surface area (Å²) in [4.78, 5) is 11.9. The van der Waals surface area contributed by atoms with Crippen LogP contribution in [-0.4, -0.2) is 16.8 Å². The molecule has 1 N–H and O–H groups in total. The van der Waals surface area contributed by atoms with E-state index in [0.717, 1.165) is 11.8 Å². The third-order valence-electron chi connectivity index (χ3n) is 3.40. The molecular weight excluding hydrogens is 254 g/mol. The molecule has 0 heterocycles. The van der Waals surface area contributed by atoms with Gasteiger partial charge in [-0.25, -0.2) is 0 Å². The first-order valence-electron chi connectivity index (χ1n) is 6.04. The van der Waals surface area contributed by atoms with Crippen LogP contribution in [0.4, 0.5) is 0 Å². The van der Waals surface area contributed by atoms with Gasteiger partial charge in [-0.1, -0.05) is 29.8 Å². The van der Waals surface area contributed by atoms with Gasteiger partial charge >= 0.3 is 0 Å². The monoisotopic (exact) mass is 273 g/mol. The maximum absolute atomic E-state index is 11.9. The van der Waals surface area contributed by atoms with Gasteiger partial charge in [0.05, 0.1) is 4.83 Å². The number of halogens is 1. The predicted octanol–water partition coefficient (Wildman–Crippen LogP) is 2.71. The van der Waals surface area contributed by atoms with Gasteiger partial charge in [-0.3, -0.25) is 4.79 Å². The Morgan fingerprint density at radius 2 is 1.67 bits per heavy atom. The lowest BCUT2D eigenvalue weighted by Crippen LogP contribution is -2.43. The van der Waals surface area contributed by atoms with E-state index in [-0.39, 0.29) is 10.7 Å². The van der Waals surface area contributed by atoms with Crippen LogP contribution in [0, 0.1) is 17.8 Å². The van der Waals surface area contributed by atoms with Gasteiger partial charge < -0.3 is 5.32 Å². The van der Waals surface area contributed by atoms with E-state index in [1.165, 1.54) is 25.7 Å². The summed E-state index contributed by atoms with van der Waals surface area (Å²) in [5.74, 6) is 2.12. The third-order valence-corrected chi connectivity index (χ3v) is 4.88. The third kappa shape index (κ3) is 2.96. The maximum Gasteiger partial charge on any atom is 0.234 e. The van der Waals surface area contributed by atoms with Crippen molar-refractivity contribution in [2.24, 2.45) is 17.8 Å². The molecule has 2 fully saturated rings. The number of alkyl halides is 1. The molecule has 3 heteroatoms. The molecule has 1 amide bonds. The number of hydrogen-bond acceptors (Lipinski definition) is 1. The van der Waals surface area contributed by atoms with Gasteiger partial charge in [-0.2, -0.15) is 0 Å². The quantitative estimate of drug-likeness (QED) is 0.767. The van der Waals surface area contributed by atoms with Crippen molar-refractivity contribution in [2.75, 3.05) is 0 Å². The lowest BCUT2D eigenvalue weighted by Gasteiger charge is -2.21. The first-order chi connectivity index (χ1) is 7.09. The van der Waals surface area contributed by atoms with E-state index in [0.29, 0.717) is 12.0 Å². The zero-order valence-corrected chi connectivity index (χ0v) is 11.1. The first kappa shape index (κ1) is 11.4. The lowest BCUT2D eigenvalue weighted by atomic mass is 10.1. The first-order valence-corrected chi connectivity index (χ1v) is 6.95. The molecule has 2 aliphatic rings. The highest BCUT2D eigenvalue weighted by atomic mass is 79.9. The second-order valence-corrected chi connectivity index (χ2v) is 6.34. The van der Waals surface area contributed by atoms with Gasteiger partial charge in [0.2, 0.25) is 5.91 Å². The van der Waals surface area contributed by atoms with Gasteiger partial charge in [0.25, 0.3) is 0 Å². The van der Waals surface area contributed by atoms with Crippen molar-refractivity contribution in [2.45, 2.75) is 50.4 Å². The molecule has 2 saturated carbocycles. The zero-order chi connectivity index (χ0) is 11.0. The zero-order valence-electron chi connectivity index (χ0n) is 9.50. The molecule has 2 aliphatic carbocycles. The normalized spacial score (nSPS) is 23.3. The van der Waals surface area contributed by atoms with Crippen molar-refractivity contribution in [1.82, 2.24) is 5.32 Å². The van der Waals surface area contributed by atoms with Crippen LogP contribution in [-0.2, 0) is 4.79 Å². The van der Waals surface area contributed by atoms with Crippen LogP contribution in [0.1, 0.15) is 39.5 Å². The van der Waals surface area contributed by atoms with Crippen LogP contribution in [0.3, 0.4) is 0 Å². The number of nitrogens with one attached hydrogen (secondary N) is 1. The summed E-state index contributed by atoms with van der Waals surface area (Å²) in [6.45, 7) is 4.14. The molecule has 0 spiro atoms. The summed E-state index contributed by atoms with van der Waals surface area (Å²) in [5.41, 5.74) is 0. The number of hydrogen-bond donors (Lipinski definition) is 1. The Hall–Kier alpha value is -0.0500. The maximum atomic E-state index is 11.9. The van der Waals surface area contributed by atoms with Crippen LogP contribution in [0.5, 0.6) is 0 Å². The second kappa shape index (κ2) is 4.44. The highest BCUT2D eigenvalue weighted by molar-refractivity contribution is 9.10. The van der Waals surface area contributed by atoms with Crippen molar-refractivity contribution in [3.8, 4) is 0 Å². The highest BCUT2D eigenvalue weighted by Crippen LogP contribution is 2.44. The summed E-state index contributed by atoms with van der Waals surface area (Å²) < 4.78 is 0. The summed E-state index contributed by atoms with van der Waals surface area (Å²) in [5, 5.41) is 3.24. The average molecular weight is 274 g/mol.